The third-order valence-corrected chi connectivity index (χ3v) is 3.94. The molecule has 1 aliphatic rings. The number of aryl methyl sites for hydroxylation is 1. The van der Waals surface area contributed by atoms with Crippen molar-refractivity contribution < 1.29 is 4.79 Å². The maximum Gasteiger partial charge on any atom is 0.315 e. The zero-order valence-corrected chi connectivity index (χ0v) is 13.2. The molecule has 2 amide bonds. The van der Waals surface area contributed by atoms with Gasteiger partial charge in [-0.25, -0.2) is 14.8 Å². The standard InChI is InChI=1S/C18H22N4O/c23-18(19-10-4-7-14-5-2-1-3-6-14)20-12-16-11-17(15-8-9-15)22-13-21-16/h1-3,5-6,11,13,15H,4,7-10,12H2,(H2,19,20,23). The van der Waals surface area contributed by atoms with Crippen LogP contribution in [0.3, 0.4) is 0 Å². The third-order valence-electron chi connectivity index (χ3n) is 3.94. The number of hydrogen-bond acceptors (Lipinski definition) is 3. The van der Waals surface area contributed by atoms with Gasteiger partial charge in [0.15, 0.2) is 0 Å². The fourth-order valence-electron chi connectivity index (χ4n) is 2.49. The van der Waals surface area contributed by atoms with Gasteiger partial charge in [0.25, 0.3) is 0 Å². The lowest BCUT2D eigenvalue weighted by atomic mass is 10.1. The van der Waals surface area contributed by atoms with Crippen LogP contribution in [0.25, 0.3) is 0 Å². The number of carbonyl (C=O) groups is 1. The van der Waals surface area contributed by atoms with E-state index in [4.69, 9.17) is 0 Å². The zero-order valence-electron chi connectivity index (χ0n) is 13.2. The summed E-state index contributed by atoms with van der Waals surface area (Å²) in [6, 6.07) is 12.1. The van der Waals surface area contributed by atoms with Gasteiger partial charge in [0.05, 0.1) is 12.2 Å². The first kappa shape index (κ1) is 15.5. The molecule has 0 bridgehead atoms. The number of nitrogens with zero attached hydrogens (tertiary/aromatic N) is 2. The van der Waals surface area contributed by atoms with Gasteiger partial charge in [-0.3, -0.25) is 0 Å². The summed E-state index contributed by atoms with van der Waals surface area (Å²) in [5.41, 5.74) is 3.25. The SMILES string of the molecule is O=C(NCCCc1ccccc1)NCc1cc(C2CC2)ncn1. The van der Waals surface area contributed by atoms with Crippen molar-refractivity contribution in [3.63, 3.8) is 0 Å². The first-order valence-electron chi connectivity index (χ1n) is 8.18. The number of urea groups is 1. The normalized spacial score (nSPS) is 13.6. The van der Waals surface area contributed by atoms with E-state index >= 15 is 0 Å². The Balaban J connectivity index is 1.34. The fraction of sp³-hybridized carbons (Fsp3) is 0.389. The summed E-state index contributed by atoms with van der Waals surface area (Å²) in [4.78, 5) is 20.3. The summed E-state index contributed by atoms with van der Waals surface area (Å²) in [7, 11) is 0. The Hall–Kier alpha value is -2.43. The largest absolute Gasteiger partial charge is 0.338 e. The highest BCUT2D eigenvalue weighted by atomic mass is 16.2. The molecule has 1 aliphatic carbocycles. The summed E-state index contributed by atoms with van der Waals surface area (Å²) < 4.78 is 0. The minimum Gasteiger partial charge on any atom is -0.338 e. The van der Waals surface area contributed by atoms with Crippen LogP contribution in [0, 0.1) is 0 Å². The number of rotatable bonds is 7. The molecule has 5 heteroatoms. The topological polar surface area (TPSA) is 66.9 Å². The van der Waals surface area contributed by atoms with Crippen LogP contribution < -0.4 is 10.6 Å². The van der Waals surface area contributed by atoms with Crippen molar-refractivity contribution in [2.75, 3.05) is 6.54 Å². The van der Waals surface area contributed by atoms with E-state index in [0.29, 0.717) is 19.0 Å². The fourth-order valence-corrected chi connectivity index (χ4v) is 2.49. The molecule has 0 spiro atoms. The van der Waals surface area contributed by atoms with Gasteiger partial charge in [-0.2, -0.15) is 0 Å². The van der Waals surface area contributed by atoms with Crippen LogP contribution in [-0.2, 0) is 13.0 Å². The van der Waals surface area contributed by atoms with E-state index in [-0.39, 0.29) is 6.03 Å². The van der Waals surface area contributed by atoms with E-state index in [9.17, 15) is 4.79 Å². The predicted molar refractivity (Wildman–Crippen MR) is 89.0 cm³/mol. The summed E-state index contributed by atoms with van der Waals surface area (Å²) in [6.45, 7) is 1.10. The van der Waals surface area contributed by atoms with Crippen molar-refractivity contribution in [2.45, 2.75) is 38.1 Å². The maximum absolute atomic E-state index is 11.8. The molecule has 0 atom stereocenters. The lowest BCUT2D eigenvalue weighted by Crippen LogP contribution is -2.35. The molecular formula is C18H22N4O. The smallest absolute Gasteiger partial charge is 0.315 e. The molecule has 0 saturated heterocycles. The first-order valence-corrected chi connectivity index (χ1v) is 8.18. The van der Waals surface area contributed by atoms with Crippen LogP contribution >= 0.6 is 0 Å². The molecule has 1 fully saturated rings. The van der Waals surface area contributed by atoms with Gasteiger partial charge in [0.2, 0.25) is 0 Å². The van der Waals surface area contributed by atoms with Crippen LogP contribution in [0.15, 0.2) is 42.7 Å². The quantitative estimate of drug-likeness (QED) is 0.773. The molecule has 0 radical (unpaired) electrons. The third kappa shape index (κ3) is 5.06. The van der Waals surface area contributed by atoms with Crippen molar-refractivity contribution in [2.24, 2.45) is 0 Å². The van der Waals surface area contributed by atoms with Gasteiger partial charge in [0.1, 0.15) is 6.33 Å². The molecule has 1 saturated carbocycles. The molecule has 2 aromatic rings. The van der Waals surface area contributed by atoms with Gasteiger partial charge in [0, 0.05) is 18.2 Å². The number of aromatic nitrogens is 2. The van der Waals surface area contributed by atoms with E-state index in [2.05, 4.69) is 32.7 Å². The second-order valence-corrected chi connectivity index (χ2v) is 5.91. The average Bonchev–Trinajstić information content (AvgIpc) is 3.43. The number of nitrogens with one attached hydrogen (secondary N) is 2. The minimum atomic E-state index is -0.148. The number of benzene rings is 1. The Morgan fingerprint density at radius 2 is 1.96 bits per heavy atom. The van der Waals surface area contributed by atoms with Crippen molar-refractivity contribution in [1.29, 1.82) is 0 Å². The highest BCUT2D eigenvalue weighted by Crippen LogP contribution is 2.38. The lowest BCUT2D eigenvalue weighted by Gasteiger charge is -2.08. The Bertz CT molecular complexity index is 640. The molecule has 23 heavy (non-hydrogen) atoms. The van der Waals surface area contributed by atoms with Crippen LogP contribution in [0.2, 0.25) is 0 Å². The molecule has 5 nitrogen and oxygen atoms in total. The van der Waals surface area contributed by atoms with Gasteiger partial charge >= 0.3 is 6.03 Å². The van der Waals surface area contributed by atoms with Gasteiger partial charge in [-0.1, -0.05) is 30.3 Å². The van der Waals surface area contributed by atoms with Crippen molar-refractivity contribution in [3.8, 4) is 0 Å². The Kier molecular flexibility index (Phi) is 5.19. The summed E-state index contributed by atoms with van der Waals surface area (Å²) in [5.74, 6) is 0.601. The van der Waals surface area contributed by atoms with Crippen molar-refractivity contribution >= 4 is 6.03 Å². The molecule has 1 aromatic heterocycles. The van der Waals surface area contributed by atoms with Gasteiger partial charge < -0.3 is 10.6 Å². The Morgan fingerprint density at radius 1 is 1.13 bits per heavy atom. The molecule has 1 aromatic carbocycles. The summed E-state index contributed by atoms with van der Waals surface area (Å²) in [5, 5.41) is 5.72. The summed E-state index contributed by atoms with van der Waals surface area (Å²) >= 11 is 0. The second kappa shape index (κ2) is 7.72. The number of hydrogen-bond donors (Lipinski definition) is 2. The highest BCUT2D eigenvalue weighted by molar-refractivity contribution is 5.73. The lowest BCUT2D eigenvalue weighted by molar-refractivity contribution is 0.240. The minimum absolute atomic E-state index is 0.148. The summed E-state index contributed by atoms with van der Waals surface area (Å²) in [6.07, 6.45) is 5.91. The zero-order chi connectivity index (χ0) is 15.9. The molecular weight excluding hydrogens is 288 g/mol. The van der Waals surface area contributed by atoms with E-state index in [0.717, 1.165) is 24.2 Å². The van der Waals surface area contributed by atoms with E-state index in [1.165, 1.54) is 18.4 Å². The molecule has 0 unspecified atom stereocenters. The van der Waals surface area contributed by atoms with Crippen LogP contribution in [0.1, 0.15) is 42.1 Å². The second-order valence-electron chi connectivity index (χ2n) is 5.91. The highest BCUT2D eigenvalue weighted by Gasteiger charge is 2.25. The Morgan fingerprint density at radius 3 is 2.74 bits per heavy atom. The number of amides is 2. The molecule has 0 aliphatic heterocycles. The number of carbonyl (C=O) groups excluding carboxylic acids is 1. The van der Waals surface area contributed by atoms with Crippen LogP contribution in [0.4, 0.5) is 4.79 Å². The van der Waals surface area contributed by atoms with E-state index < -0.39 is 0 Å². The van der Waals surface area contributed by atoms with Gasteiger partial charge in [-0.05, 0) is 37.3 Å². The molecule has 3 rings (SSSR count). The van der Waals surface area contributed by atoms with E-state index in [1.807, 2.05) is 24.3 Å². The maximum atomic E-state index is 11.8. The van der Waals surface area contributed by atoms with Gasteiger partial charge in [-0.15, -0.1) is 0 Å². The van der Waals surface area contributed by atoms with Crippen LogP contribution in [0.5, 0.6) is 0 Å². The molecule has 2 N–H and O–H groups in total. The molecule has 120 valence electrons. The van der Waals surface area contributed by atoms with Crippen molar-refractivity contribution in [3.05, 3.63) is 59.7 Å². The van der Waals surface area contributed by atoms with Crippen LogP contribution in [-0.4, -0.2) is 22.5 Å². The Labute approximate surface area is 136 Å². The molecule has 1 heterocycles. The first-order chi connectivity index (χ1) is 11.3. The monoisotopic (exact) mass is 310 g/mol. The average molecular weight is 310 g/mol. The van der Waals surface area contributed by atoms with E-state index in [1.54, 1.807) is 6.33 Å². The predicted octanol–water partition coefficient (Wildman–Crippen LogP) is 2.79. The van der Waals surface area contributed by atoms with Crippen molar-refractivity contribution in [1.82, 2.24) is 20.6 Å².